The molecule has 21 heavy (non-hydrogen) atoms. The number of hydrogen-bond donors (Lipinski definition) is 0. The highest BCUT2D eigenvalue weighted by molar-refractivity contribution is 5.28. The van der Waals surface area contributed by atoms with Crippen LogP contribution >= 0.6 is 0 Å². The second kappa shape index (κ2) is 8.29. The van der Waals surface area contributed by atoms with Gasteiger partial charge in [-0.25, -0.2) is 0 Å². The van der Waals surface area contributed by atoms with Crippen LogP contribution in [0.4, 0.5) is 8.78 Å². The molecule has 0 amide bonds. The summed E-state index contributed by atoms with van der Waals surface area (Å²) in [5.41, 5.74) is 0.823. The second-order valence-electron chi connectivity index (χ2n) is 5.31. The minimum absolute atomic E-state index is 0.141. The number of rotatable bonds is 7. The summed E-state index contributed by atoms with van der Waals surface area (Å²) in [4.78, 5) is 0. The molecule has 1 aliphatic heterocycles. The van der Waals surface area contributed by atoms with Crippen molar-refractivity contribution in [3.05, 3.63) is 29.8 Å². The average molecular weight is 300 g/mol. The normalized spacial score (nSPS) is 22.5. The minimum Gasteiger partial charge on any atom is -0.435 e. The lowest BCUT2D eigenvalue weighted by Crippen LogP contribution is -2.27. The summed E-state index contributed by atoms with van der Waals surface area (Å²) in [5, 5.41) is 0. The summed E-state index contributed by atoms with van der Waals surface area (Å²) in [7, 11) is 0. The smallest absolute Gasteiger partial charge is 0.387 e. The van der Waals surface area contributed by atoms with Crippen LogP contribution in [0, 0.1) is 5.92 Å². The Morgan fingerprint density at radius 3 is 2.38 bits per heavy atom. The van der Waals surface area contributed by atoms with Gasteiger partial charge in [0.1, 0.15) is 5.75 Å². The highest BCUT2D eigenvalue weighted by Gasteiger charge is 2.23. The highest BCUT2D eigenvalue weighted by atomic mass is 19.3. The van der Waals surface area contributed by atoms with Crippen molar-refractivity contribution in [2.75, 3.05) is 13.2 Å². The fourth-order valence-electron chi connectivity index (χ4n) is 2.39. The van der Waals surface area contributed by atoms with Gasteiger partial charge in [0, 0.05) is 11.5 Å². The van der Waals surface area contributed by atoms with Gasteiger partial charge in [0.2, 0.25) is 0 Å². The Balaban J connectivity index is 1.79. The predicted octanol–water partition coefficient (Wildman–Crippen LogP) is 4.53. The number of halogens is 2. The van der Waals surface area contributed by atoms with Crippen LogP contribution in [0.1, 0.15) is 44.5 Å². The van der Waals surface area contributed by atoms with E-state index in [9.17, 15) is 8.78 Å². The zero-order valence-corrected chi connectivity index (χ0v) is 12.3. The van der Waals surface area contributed by atoms with Crippen molar-refractivity contribution in [2.45, 2.75) is 45.5 Å². The molecule has 0 radical (unpaired) electrons. The molecule has 0 bridgehead atoms. The summed E-state index contributed by atoms with van der Waals surface area (Å²) in [5.74, 6) is 0.594. The molecule has 1 aromatic carbocycles. The number of alkyl halides is 2. The van der Waals surface area contributed by atoms with Crippen molar-refractivity contribution in [3.63, 3.8) is 0 Å². The lowest BCUT2D eigenvalue weighted by atomic mass is 10.0. The first-order valence-electron chi connectivity index (χ1n) is 7.47. The lowest BCUT2D eigenvalue weighted by molar-refractivity contribution is -0.206. The number of benzene rings is 1. The Labute approximate surface area is 124 Å². The molecule has 118 valence electrons. The van der Waals surface area contributed by atoms with Crippen molar-refractivity contribution in [3.8, 4) is 5.75 Å². The Morgan fingerprint density at radius 2 is 1.81 bits per heavy atom. The van der Waals surface area contributed by atoms with Gasteiger partial charge < -0.3 is 14.2 Å². The maximum Gasteiger partial charge on any atom is 0.387 e. The van der Waals surface area contributed by atoms with Crippen LogP contribution in [0.3, 0.4) is 0 Å². The Morgan fingerprint density at radius 1 is 1.14 bits per heavy atom. The molecule has 5 heteroatoms. The Hall–Kier alpha value is -1.20. The van der Waals surface area contributed by atoms with Gasteiger partial charge in [-0.2, -0.15) is 8.78 Å². The van der Waals surface area contributed by atoms with Gasteiger partial charge >= 0.3 is 6.61 Å². The molecule has 1 aliphatic rings. The molecule has 0 atom stereocenters. The van der Waals surface area contributed by atoms with Crippen LogP contribution in [-0.4, -0.2) is 19.8 Å². The average Bonchev–Trinajstić information content (AvgIpc) is 2.49. The third kappa shape index (κ3) is 5.25. The molecule has 2 rings (SSSR count). The van der Waals surface area contributed by atoms with Crippen LogP contribution in [0.25, 0.3) is 0 Å². The van der Waals surface area contributed by atoms with Crippen molar-refractivity contribution < 1.29 is 23.0 Å². The van der Waals surface area contributed by atoms with Crippen molar-refractivity contribution in [1.82, 2.24) is 0 Å². The number of ether oxygens (including phenoxy) is 3. The standard InChI is InChI=1S/C16H22F2O3/c1-2-3-4-5-12-10-19-15(20-11-12)13-6-8-14(9-7-13)21-16(17)18/h6-9,12,15-16H,2-5,10-11H2,1H3. The van der Waals surface area contributed by atoms with E-state index in [0.29, 0.717) is 19.1 Å². The van der Waals surface area contributed by atoms with Gasteiger partial charge in [0.15, 0.2) is 6.29 Å². The third-order valence-electron chi connectivity index (χ3n) is 3.56. The molecule has 0 aliphatic carbocycles. The van der Waals surface area contributed by atoms with Gasteiger partial charge in [0.25, 0.3) is 0 Å². The van der Waals surface area contributed by atoms with E-state index in [1.165, 1.54) is 31.4 Å². The largest absolute Gasteiger partial charge is 0.435 e. The van der Waals surface area contributed by atoms with Crippen LogP contribution in [0.15, 0.2) is 24.3 Å². The predicted molar refractivity (Wildman–Crippen MR) is 75.4 cm³/mol. The molecule has 1 saturated heterocycles. The molecule has 1 heterocycles. The topological polar surface area (TPSA) is 27.7 Å². The van der Waals surface area contributed by atoms with E-state index >= 15 is 0 Å². The first kappa shape index (κ1) is 16.2. The van der Waals surface area contributed by atoms with Crippen molar-refractivity contribution in [1.29, 1.82) is 0 Å². The SMILES string of the molecule is CCCCCC1COC(c2ccc(OC(F)F)cc2)OC1. The molecular formula is C16H22F2O3. The van der Waals surface area contributed by atoms with Gasteiger partial charge in [-0.1, -0.05) is 38.3 Å². The molecule has 0 spiro atoms. The third-order valence-corrected chi connectivity index (χ3v) is 3.56. The van der Waals surface area contributed by atoms with Gasteiger partial charge in [-0.15, -0.1) is 0 Å². The number of hydrogen-bond acceptors (Lipinski definition) is 3. The van der Waals surface area contributed by atoms with Crippen LogP contribution in [-0.2, 0) is 9.47 Å². The molecule has 1 aromatic rings. The van der Waals surface area contributed by atoms with Gasteiger partial charge in [0.05, 0.1) is 13.2 Å². The fourth-order valence-corrected chi connectivity index (χ4v) is 2.39. The Kier molecular flexibility index (Phi) is 6.39. The number of unbranched alkanes of at least 4 members (excludes halogenated alkanes) is 2. The van der Waals surface area contributed by atoms with Crippen molar-refractivity contribution in [2.24, 2.45) is 5.92 Å². The van der Waals surface area contributed by atoms with Crippen molar-refractivity contribution >= 4 is 0 Å². The molecular weight excluding hydrogens is 278 g/mol. The van der Waals surface area contributed by atoms with Gasteiger partial charge in [-0.3, -0.25) is 0 Å². The molecule has 3 nitrogen and oxygen atoms in total. The van der Waals surface area contributed by atoms with E-state index < -0.39 is 12.9 Å². The van der Waals surface area contributed by atoms with Gasteiger partial charge in [-0.05, 0) is 18.6 Å². The fraction of sp³-hybridized carbons (Fsp3) is 0.625. The Bertz CT molecular complexity index is 400. The zero-order chi connectivity index (χ0) is 15.1. The monoisotopic (exact) mass is 300 g/mol. The maximum atomic E-state index is 12.1. The first-order valence-corrected chi connectivity index (χ1v) is 7.47. The minimum atomic E-state index is -2.80. The molecule has 0 N–H and O–H groups in total. The van der Waals surface area contributed by atoms with E-state index in [4.69, 9.17) is 9.47 Å². The lowest BCUT2D eigenvalue weighted by Gasteiger charge is -2.29. The van der Waals surface area contributed by atoms with E-state index in [-0.39, 0.29) is 5.75 Å². The highest BCUT2D eigenvalue weighted by Crippen LogP contribution is 2.28. The molecule has 0 aromatic heterocycles. The molecule has 0 unspecified atom stereocenters. The van der Waals surface area contributed by atoms with E-state index in [2.05, 4.69) is 11.7 Å². The van der Waals surface area contributed by atoms with Crippen LogP contribution in [0.2, 0.25) is 0 Å². The summed E-state index contributed by atoms with van der Waals surface area (Å²) < 4.78 is 39.9. The van der Waals surface area contributed by atoms with E-state index in [1.54, 1.807) is 12.1 Å². The molecule has 1 fully saturated rings. The summed E-state index contributed by atoms with van der Waals surface area (Å²) in [6.45, 7) is 0.750. The summed E-state index contributed by atoms with van der Waals surface area (Å²) >= 11 is 0. The second-order valence-corrected chi connectivity index (χ2v) is 5.31. The quantitative estimate of drug-likeness (QED) is 0.692. The molecule has 0 saturated carbocycles. The summed E-state index contributed by atoms with van der Waals surface area (Å²) in [6.07, 6.45) is 4.38. The van der Waals surface area contributed by atoms with Crippen LogP contribution in [0.5, 0.6) is 5.75 Å². The zero-order valence-electron chi connectivity index (χ0n) is 12.3. The van der Waals surface area contributed by atoms with E-state index in [1.807, 2.05) is 0 Å². The maximum absolute atomic E-state index is 12.1. The van der Waals surface area contributed by atoms with Crippen LogP contribution < -0.4 is 4.74 Å². The summed E-state index contributed by atoms with van der Waals surface area (Å²) in [6, 6.07) is 6.39. The first-order chi connectivity index (χ1) is 10.2. The van der Waals surface area contributed by atoms with E-state index in [0.717, 1.165) is 12.0 Å².